The second-order valence-corrected chi connectivity index (χ2v) is 10.8. The van der Waals surface area contributed by atoms with Crippen molar-refractivity contribution in [3.8, 4) is 0 Å². The lowest BCUT2D eigenvalue weighted by Crippen LogP contribution is -2.61. The highest BCUT2D eigenvalue weighted by atomic mass is 16.7. The largest absolute Gasteiger partial charge is 0.479 e. The van der Waals surface area contributed by atoms with Gasteiger partial charge in [0.25, 0.3) is 0 Å². The molecule has 184 valence electrons. The number of hydrogen-bond acceptors (Lipinski definition) is 7. The van der Waals surface area contributed by atoms with Gasteiger partial charge in [0, 0.05) is 10.5 Å². The number of aliphatic hydroxyl groups excluding tert-OH is 3. The quantitative estimate of drug-likeness (QED) is 0.493. The number of carbonyl (C=O) groups is 2. The molecule has 8 heteroatoms. The first-order valence-electron chi connectivity index (χ1n) is 13.9. The van der Waals surface area contributed by atoms with E-state index in [-0.39, 0.29) is 36.4 Å². The summed E-state index contributed by atoms with van der Waals surface area (Å²) in [6.45, 7) is 3.83. The number of ketones is 1. The number of ether oxygens (including phenoxy) is 2. The van der Waals surface area contributed by atoms with Crippen molar-refractivity contribution in [3.05, 3.63) is 11.6 Å². The molecule has 0 aromatic rings. The van der Waals surface area contributed by atoms with Gasteiger partial charge in [0.15, 0.2) is 18.2 Å². The van der Waals surface area contributed by atoms with Crippen LogP contribution in [0.1, 0.15) is 70.6 Å². The third-order valence-corrected chi connectivity index (χ3v) is 9.15. The Kier molecular flexibility index (Phi) is 4.66. The topological polar surface area (TPSA) is 134 Å². The second-order valence-electron chi connectivity index (χ2n) is 10.8. The minimum absolute atomic E-state index is 0.00123. The van der Waals surface area contributed by atoms with Gasteiger partial charge in [-0.2, -0.15) is 0 Å². The summed E-state index contributed by atoms with van der Waals surface area (Å²) in [4.78, 5) is 23.7. The number of hydrogen-bond donors (Lipinski definition) is 4. The van der Waals surface area contributed by atoms with Crippen LogP contribution in [0.15, 0.2) is 11.6 Å². The van der Waals surface area contributed by atoms with Crippen LogP contribution in [0.25, 0.3) is 0 Å². The van der Waals surface area contributed by atoms with Gasteiger partial charge in [-0.15, -0.1) is 0 Å². The van der Waals surface area contributed by atoms with E-state index in [2.05, 4.69) is 0 Å². The van der Waals surface area contributed by atoms with Gasteiger partial charge in [-0.3, -0.25) is 4.79 Å². The number of aliphatic carboxylic acids is 1. The smallest absolute Gasteiger partial charge is 0.335 e. The van der Waals surface area contributed by atoms with Crippen LogP contribution in [0.2, 0.25) is 0 Å². The zero-order chi connectivity index (χ0) is 27.3. The first-order valence-corrected chi connectivity index (χ1v) is 11.8. The summed E-state index contributed by atoms with van der Waals surface area (Å²) in [7, 11) is 0. The summed E-state index contributed by atoms with van der Waals surface area (Å²) in [6, 6.07) is 0. The Morgan fingerprint density at radius 2 is 1.91 bits per heavy atom. The van der Waals surface area contributed by atoms with Crippen molar-refractivity contribution >= 4 is 11.8 Å². The monoisotopic (exact) mass is 468 g/mol. The molecule has 1 unspecified atom stereocenters. The maximum atomic E-state index is 12.2. The van der Waals surface area contributed by atoms with Gasteiger partial charge >= 0.3 is 5.97 Å². The molecule has 0 radical (unpaired) electrons. The lowest BCUT2D eigenvalue weighted by molar-refractivity contribution is -0.312. The fourth-order valence-electron chi connectivity index (χ4n) is 7.17. The highest BCUT2D eigenvalue weighted by Crippen LogP contribution is 2.65. The van der Waals surface area contributed by atoms with Crippen molar-refractivity contribution in [2.45, 2.75) is 102 Å². The number of allylic oxidation sites excluding steroid dienone is 1. The van der Waals surface area contributed by atoms with Crippen molar-refractivity contribution in [2.75, 3.05) is 0 Å². The Labute approximate surface area is 199 Å². The van der Waals surface area contributed by atoms with Gasteiger partial charge < -0.3 is 29.9 Å². The maximum Gasteiger partial charge on any atom is 0.335 e. The standard InChI is InChI=1S/C25H36O8/c1-24-9-7-13(26)11-12(24)3-4-14-15-5-6-17(25(15,2)10-8-16(14)24)32-23-20(29)18(27)19(28)21(33-23)22(30)31/h11,14-21,23,27-29H,3-10H2,1-2H3,(H,30,31)/t14-,15-,16-,17+,18-,19-,20+,21-,23+,24-,25-/m0/s1/i6D2,9D,17D/t9?,14-,15-,16-,17+,18-,19-,20+,21-,23+,24-,25-. The molecule has 4 aliphatic carbocycles. The Bertz CT molecular complexity index is 1020. The number of carboxylic acids is 1. The van der Waals surface area contributed by atoms with Crippen molar-refractivity contribution in [1.82, 2.24) is 0 Å². The van der Waals surface area contributed by atoms with E-state index in [0.717, 1.165) is 5.57 Å². The van der Waals surface area contributed by atoms with Crippen LogP contribution in [0.3, 0.4) is 0 Å². The molecular formula is C25H36O8. The lowest BCUT2D eigenvalue weighted by Gasteiger charge is -2.58. The summed E-state index contributed by atoms with van der Waals surface area (Å²) in [6.07, 6.45) is -10.3. The third kappa shape index (κ3) is 3.52. The summed E-state index contributed by atoms with van der Waals surface area (Å²) in [5.41, 5.74) is -0.551. The molecule has 12 atom stereocenters. The van der Waals surface area contributed by atoms with Crippen LogP contribution in [0.5, 0.6) is 0 Å². The van der Waals surface area contributed by atoms with Crippen LogP contribution in [-0.2, 0) is 19.1 Å². The maximum absolute atomic E-state index is 12.2. The number of carbonyl (C=O) groups excluding carboxylic acids is 1. The van der Waals surface area contributed by atoms with Crippen LogP contribution < -0.4 is 0 Å². The van der Waals surface area contributed by atoms with Gasteiger partial charge in [0.05, 0.1) is 7.45 Å². The summed E-state index contributed by atoms with van der Waals surface area (Å²) >= 11 is 0. The molecule has 1 heterocycles. The Morgan fingerprint density at radius 3 is 2.64 bits per heavy atom. The van der Waals surface area contributed by atoms with E-state index in [1.165, 1.54) is 0 Å². The minimum atomic E-state index is -2.24. The molecule has 0 amide bonds. The van der Waals surface area contributed by atoms with Gasteiger partial charge in [-0.1, -0.05) is 19.4 Å². The van der Waals surface area contributed by atoms with Crippen molar-refractivity contribution in [2.24, 2.45) is 28.6 Å². The van der Waals surface area contributed by atoms with E-state index in [4.69, 9.17) is 13.6 Å². The van der Waals surface area contributed by atoms with Crippen molar-refractivity contribution < 1.29 is 45.0 Å². The first-order chi connectivity index (χ1) is 17.1. The number of carboxylic acid groups (broad SMARTS) is 1. The summed E-state index contributed by atoms with van der Waals surface area (Å²) in [5, 5.41) is 40.2. The van der Waals surface area contributed by atoms with E-state index in [0.29, 0.717) is 25.7 Å². The zero-order valence-corrected chi connectivity index (χ0v) is 18.9. The normalized spacial score (nSPS) is 59.6. The third-order valence-electron chi connectivity index (χ3n) is 9.15. The number of fused-ring (bicyclic) bond motifs is 5. The van der Waals surface area contributed by atoms with Crippen molar-refractivity contribution in [3.63, 3.8) is 0 Å². The van der Waals surface area contributed by atoms with Gasteiger partial charge in [0.2, 0.25) is 0 Å². The highest BCUT2D eigenvalue weighted by Gasteiger charge is 2.60. The second kappa shape index (κ2) is 8.12. The average molecular weight is 469 g/mol. The Balaban J connectivity index is 1.47. The molecule has 5 aliphatic rings. The van der Waals surface area contributed by atoms with E-state index in [9.17, 15) is 31.4 Å². The van der Waals surface area contributed by atoms with E-state index >= 15 is 0 Å². The molecule has 5 rings (SSSR count). The summed E-state index contributed by atoms with van der Waals surface area (Å²) < 4.78 is 47.0. The molecule has 0 aromatic heterocycles. The number of aliphatic hydroxyl groups is 3. The highest BCUT2D eigenvalue weighted by molar-refractivity contribution is 5.91. The van der Waals surface area contributed by atoms with Gasteiger partial charge in [-0.05, 0) is 79.5 Å². The fraction of sp³-hybridized carbons (Fsp3) is 0.840. The van der Waals surface area contributed by atoms with E-state index in [1.807, 2.05) is 6.92 Å². The van der Waals surface area contributed by atoms with Gasteiger partial charge in [-0.25, -0.2) is 4.79 Å². The first kappa shape index (κ1) is 18.9. The predicted molar refractivity (Wildman–Crippen MR) is 116 cm³/mol. The Morgan fingerprint density at radius 1 is 1.15 bits per heavy atom. The Hall–Kier alpha value is -1.32. The molecule has 3 saturated carbocycles. The summed E-state index contributed by atoms with van der Waals surface area (Å²) in [5.74, 6) is -1.87. The minimum Gasteiger partial charge on any atom is -0.479 e. The molecule has 1 saturated heterocycles. The zero-order valence-electron chi connectivity index (χ0n) is 22.9. The molecule has 33 heavy (non-hydrogen) atoms. The molecule has 0 bridgehead atoms. The van der Waals surface area contributed by atoms with Crippen LogP contribution in [0.4, 0.5) is 0 Å². The fourth-order valence-corrected chi connectivity index (χ4v) is 7.17. The van der Waals surface area contributed by atoms with Gasteiger partial charge in [0.1, 0.15) is 18.3 Å². The molecular weight excluding hydrogens is 428 g/mol. The van der Waals surface area contributed by atoms with E-state index < -0.39 is 66.4 Å². The van der Waals surface area contributed by atoms with E-state index in [1.54, 1.807) is 13.0 Å². The lowest BCUT2D eigenvalue weighted by atomic mass is 9.47. The van der Waals surface area contributed by atoms with Crippen LogP contribution in [-0.4, -0.2) is 69.0 Å². The average Bonchev–Trinajstić information content (AvgIpc) is 2.97. The van der Waals surface area contributed by atoms with Crippen LogP contribution in [0, 0.1) is 28.6 Å². The van der Waals surface area contributed by atoms with Crippen LogP contribution >= 0.6 is 0 Å². The molecule has 0 aromatic carbocycles. The molecule has 4 fully saturated rings. The van der Waals surface area contributed by atoms with Crippen molar-refractivity contribution in [1.29, 1.82) is 0 Å². The number of rotatable bonds is 3. The molecule has 4 N–H and O–H groups in total. The SMILES string of the molecule is [2H]C1CC(=O)C=C2CC[C@H]3[C@@H]4CC([2H])([2H])[C@@]([2H])(O[C@@H]5O[C@H](C(=O)O)[C@@H](O)[C@H](O)[C@H]5O)[C@@]4(C)CC[C@@H]3[C@]21C. The predicted octanol–water partition coefficient (Wildman–Crippen LogP) is 1.80. The molecule has 8 nitrogen and oxygen atoms in total. The molecule has 0 spiro atoms. The molecule has 1 aliphatic heterocycles.